The fourth-order valence-electron chi connectivity index (χ4n) is 2.77. The monoisotopic (exact) mass is 293 g/mol. The minimum atomic E-state index is 0.134. The van der Waals surface area contributed by atoms with Gasteiger partial charge in [0.15, 0.2) is 0 Å². The van der Waals surface area contributed by atoms with Gasteiger partial charge >= 0.3 is 6.01 Å². The van der Waals surface area contributed by atoms with Crippen LogP contribution < -0.4 is 15.4 Å². The second-order valence-electron chi connectivity index (χ2n) is 5.62. The maximum absolute atomic E-state index is 5.77. The summed E-state index contributed by atoms with van der Waals surface area (Å²) in [6, 6.07) is 0.303. The molecule has 2 aliphatic heterocycles. The van der Waals surface area contributed by atoms with Gasteiger partial charge in [0.25, 0.3) is 0 Å². The molecule has 1 atom stereocenters. The number of hydrogen-bond donors (Lipinski definition) is 1. The smallest absolute Gasteiger partial charge is 0.323 e. The minimum Gasteiger partial charge on any atom is -0.461 e. The number of hydrogen-bond acceptors (Lipinski definition) is 7. The summed E-state index contributed by atoms with van der Waals surface area (Å²) in [5.74, 6) is 0.840. The van der Waals surface area contributed by atoms with Gasteiger partial charge in [-0.25, -0.2) is 0 Å². The molecule has 3 rings (SSSR count). The summed E-state index contributed by atoms with van der Waals surface area (Å²) in [6.45, 7) is 3.22. The van der Waals surface area contributed by atoms with Crippen molar-refractivity contribution in [2.75, 3.05) is 36.9 Å². The van der Waals surface area contributed by atoms with Crippen molar-refractivity contribution in [2.45, 2.75) is 44.6 Å². The third-order valence-electron chi connectivity index (χ3n) is 3.93. The summed E-state index contributed by atoms with van der Waals surface area (Å²) >= 11 is 0. The van der Waals surface area contributed by atoms with Crippen molar-refractivity contribution in [3.05, 3.63) is 0 Å². The fourth-order valence-corrected chi connectivity index (χ4v) is 2.77. The summed E-state index contributed by atoms with van der Waals surface area (Å²) in [6.07, 6.45) is 7.07. The van der Waals surface area contributed by atoms with Crippen molar-refractivity contribution in [2.24, 2.45) is 0 Å². The highest BCUT2D eigenvalue weighted by Gasteiger charge is 2.18. The number of nitrogen functional groups attached to an aromatic ring is 1. The Bertz CT molecular complexity index is 459. The van der Waals surface area contributed by atoms with Gasteiger partial charge in [0.2, 0.25) is 11.9 Å². The third-order valence-corrected chi connectivity index (χ3v) is 3.93. The summed E-state index contributed by atoms with van der Waals surface area (Å²) in [4.78, 5) is 14.8. The van der Waals surface area contributed by atoms with Gasteiger partial charge in [-0.1, -0.05) is 0 Å². The highest BCUT2D eigenvalue weighted by molar-refractivity contribution is 5.36. The molecule has 0 aliphatic carbocycles. The molecule has 1 unspecified atom stereocenters. The zero-order chi connectivity index (χ0) is 14.5. The number of rotatable bonds is 4. The molecule has 0 aromatic carbocycles. The molecule has 0 spiro atoms. The van der Waals surface area contributed by atoms with Crippen LogP contribution in [0.15, 0.2) is 0 Å². The predicted octanol–water partition coefficient (Wildman–Crippen LogP) is 1.39. The van der Waals surface area contributed by atoms with Crippen LogP contribution >= 0.6 is 0 Å². The van der Waals surface area contributed by atoms with E-state index in [4.69, 9.17) is 15.2 Å². The topological polar surface area (TPSA) is 86.4 Å². The molecule has 7 heteroatoms. The lowest BCUT2D eigenvalue weighted by Crippen LogP contribution is -2.31. The Morgan fingerprint density at radius 1 is 1.10 bits per heavy atom. The Morgan fingerprint density at radius 3 is 2.71 bits per heavy atom. The highest BCUT2D eigenvalue weighted by atomic mass is 16.5. The summed E-state index contributed by atoms with van der Waals surface area (Å²) in [7, 11) is 0. The second kappa shape index (κ2) is 6.89. The molecular formula is C14H23N5O2. The minimum absolute atomic E-state index is 0.134. The first-order chi connectivity index (χ1) is 10.3. The molecule has 1 aromatic heterocycles. The lowest BCUT2D eigenvalue weighted by Gasteiger charge is -2.27. The lowest BCUT2D eigenvalue weighted by atomic mass is 10.1. The summed E-state index contributed by atoms with van der Waals surface area (Å²) in [5.41, 5.74) is 5.77. The predicted molar refractivity (Wildman–Crippen MR) is 79.4 cm³/mol. The van der Waals surface area contributed by atoms with Crippen molar-refractivity contribution < 1.29 is 9.47 Å². The maximum Gasteiger partial charge on any atom is 0.323 e. The lowest BCUT2D eigenvalue weighted by molar-refractivity contribution is -0.0129. The van der Waals surface area contributed by atoms with Crippen LogP contribution in [-0.2, 0) is 4.74 Å². The molecule has 7 nitrogen and oxygen atoms in total. The van der Waals surface area contributed by atoms with E-state index in [0.717, 1.165) is 45.4 Å². The molecule has 2 fully saturated rings. The number of piperidine rings is 1. The molecule has 0 saturated carbocycles. The maximum atomic E-state index is 5.77. The molecule has 21 heavy (non-hydrogen) atoms. The molecule has 2 saturated heterocycles. The van der Waals surface area contributed by atoms with Crippen LogP contribution in [0.1, 0.15) is 38.5 Å². The molecule has 0 bridgehead atoms. The standard InChI is InChI=1S/C14H23N5O2/c15-12-16-13(19-7-3-1-4-8-19)18-14(17-12)21-10-11-6-2-5-9-20-11/h11H,1-10H2,(H2,15,16,17,18). The van der Waals surface area contributed by atoms with Crippen molar-refractivity contribution in [1.29, 1.82) is 0 Å². The average Bonchev–Trinajstić information content (AvgIpc) is 2.54. The normalized spacial score (nSPS) is 23.0. The van der Waals surface area contributed by atoms with Crippen LogP contribution in [0, 0.1) is 0 Å². The van der Waals surface area contributed by atoms with E-state index < -0.39 is 0 Å². The highest BCUT2D eigenvalue weighted by Crippen LogP contribution is 2.19. The van der Waals surface area contributed by atoms with Gasteiger partial charge in [0.05, 0.1) is 6.10 Å². The van der Waals surface area contributed by atoms with Gasteiger partial charge in [0.1, 0.15) is 6.61 Å². The van der Waals surface area contributed by atoms with E-state index in [0.29, 0.717) is 18.6 Å². The van der Waals surface area contributed by atoms with E-state index in [1.54, 1.807) is 0 Å². The Balaban J connectivity index is 1.62. The fraction of sp³-hybridized carbons (Fsp3) is 0.786. The van der Waals surface area contributed by atoms with Gasteiger partial charge in [-0.2, -0.15) is 15.0 Å². The quantitative estimate of drug-likeness (QED) is 0.897. The average molecular weight is 293 g/mol. The Labute approximate surface area is 124 Å². The van der Waals surface area contributed by atoms with Crippen LogP contribution in [0.4, 0.5) is 11.9 Å². The largest absolute Gasteiger partial charge is 0.461 e. The molecule has 3 heterocycles. The zero-order valence-electron chi connectivity index (χ0n) is 12.3. The van der Waals surface area contributed by atoms with E-state index in [1.807, 2.05) is 0 Å². The van der Waals surface area contributed by atoms with Gasteiger partial charge in [-0.15, -0.1) is 0 Å². The number of nitrogens with zero attached hydrogens (tertiary/aromatic N) is 4. The number of anilines is 2. The van der Waals surface area contributed by atoms with Gasteiger partial charge in [0, 0.05) is 19.7 Å². The first-order valence-electron chi connectivity index (χ1n) is 7.82. The third kappa shape index (κ3) is 3.93. The summed E-state index contributed by atoms with van der Waals surface area (Å²) < 4.78 is 11.3. The Hall–Kier alpha value is -1.63. The van der Waals surface area contributed by atoms with Gasteiger partial charge in [-0.3, -0.25) is 0 Å². The number of nitrogens with two attached hydrogens (primary N) is 1. The second-order valence-corrected chi connectivity index (χ2v) is 5.62. The molecule has 0 amide bonds. The van der Waals surface area contributed by atoms with E-state index in [-0.39, 0.29) is 12.1 Å². The first kappa shape index (κ1) is 14.3. The molecule has 2 N–H and O–H groups in total. The van der Waals surface area contributed by atoms with Crippen molar-refractivity contribution in [3.8, 4) is 6.01 Å². The molecular weight excluding hydrogens is 270 g/mol. The van der Waals surface area contributed by atoms with Crippen LogP contribution in [0.5, 0.6) is 6.01 Å². The van der Waals surface area contributed by atoms with Crippen LogP contribution in [0.2, 0.25) is 0 Å². The van der Waals surface area contributed by atoms with Crippen molar-refractivity contribution in [1.82, 2.24) is 15.0 Å². The van der Waals surface area contributed by atoms with E-state index in [9.17, 15) is 0 Å². The van der Waals surface area contributed by atoms with E-state index in [1.165, 1.54) is 12.8 Å². The van der Waals surface area contributed by atoms with Crippen molar-refractivity contribution in [3.63, 3.8) is 0 Å². The zero-order valence-corrected chi connectivity index (χ0v) is 12.3. The molecule has 2 aliphatic rings. The Morgan fingerprint density at radius 2 is 1.95 bits per heavy atom. The molecule has 116 valence electrons. The van der Waals surface area contributed by atoms with Crippen LogP contribution in [0.25, 0.3) is 0 Å². The van der Waals surface area contributed by atoms with Crippen molar-refractivity contribution >= 4 is 11.9 Å². The van der Waals surface area contributed by atoms with Crippen LogP contribution in [0.3, 0.4) is 0 Å². The SMILES string of the molecule is Nc1nc(OCC2CCCCO2)nc(N2CCCCC2)n1. The first-order valence-corrected chi connectivity index (χ1v) is 7.82. The van der Waals surface area contributed by atoms with Gasteiger partial charge in [-0.05, 0) is 38.5 Å². The Kier molecular flexibility index (Phi) is 4.69. The van der Waals surface area contributed by atoms with Crippen LogP contribution in [-0.4, -0.2) is 47.4 Å². The van der Waals surface area contributed by atoms with E-state index >= 15 is 0 Å². The molecule has 0 radical (unpaired) electrons. The van der Waals surface area contributed by atoms with E-state index in [2.05, 4.69) is 19.9 Å². The number of ether oxygens (including phenoxy) is 2. The summed E-state index contributed by atoms with van der Waals surface area (Å²) in [5, 5.41) is 0. The van der Waals surface area contributed by atoms with Gasteiger partial charge < -0.3 is 20.1 Å². The number of aromatic nitrogens is 3. The molecule has 1 aromatic rings.